The zero-order chi connectivity index (χ0) is 12.6. The van der Waals surface area contributed by atoms with Crippen LogP contribution in [-0.2, 0) is 11.5 Å². The van der Waals surface area contributed by atoms with E-state index in [1.807, 2.05) is 0 Å². The molecular formula is C9H9BrClN5O. The van der Waals surface area contributed by atoms with Gasteiger partial charge in [0.2, 0.25) is 5.91 Å². The Labute approximate surface area is 111 Å². The molecule has 2 heterocycles. The Morgan fingerprint density at radius 1 is 1.59 bits per heavy atom. The maximum atomic E-state index is 11.2. The molecule has 8 heteroatoms. The van der Waals surface area contributed by atoms with Crippen molar-refractivity contribution in [3.63, 3.8) is 0 Å². The Hall–Kier alpha value is -1.21. The number of nitrogens with zero attached hydrogens (tertiary/aromatic N) is 5. The normalized spacial score (nSPS) is 10.8. The average molecular weight is 319 g/mol. The number of halogens is 2. The molecule has 6 nitrogen and oxygen atoms in total. The fourth-order valence-corrected chi connectivity index (χ4v) is 1.98. The second-order valence-electron chi connectivity index (χ2n) is 3.53. The number of hydrogen-bond acceptors (Lipinski definition) is 4. The van der Waals surface area contributed by atoms with Gasteiger partial charge < -0.3 is 4.90 Å². The van der Waals surface area contributed by atoms with Crippen LogP contribution in [0.1, 0.15) is 6.92 Å². The Balaban J connectivity index is 2.45. The first-order valence-corrected chi connectivity index (χ1v) is 5.91. The Morgan fingerprint density at radius 3 is 2.94 bits per heavy atom. The van der Waals surface area contributed by atoms with Crippen LogP contribution < -0.4 is 0 Å². The van der Waals surface area contributed by atoms with Crippen LogP contribution in [0.3, 0.4) is 0 Å². The molecular weight excluding hydrogens is 309 g/mol. The van der Waals surface area contributed by atoms with Crippen LogP contribution in [-0.4, -0.2) is 37.4 Å². The second-order valence-corrected chi connectivity index (χ2v) is 4.60. The lowest BCUT2D eigenvalue weighted by Gasteiger charge is -2.15. The van der Waals surface area contributed by atoms with E-state index in [1.54, 1.807) is 22.8 Å². The zero-order valence-electron chi connectivity index (χ0n) is 9.18. The maximum absolute atomic E-state index is 11.2. The van der Waals surface area contributed by atoms with Crippen molar-refractivity contribution in [3.05, 3.63) is 16.2 Å². The third kappa shape index (κ3) is 2.39. The van der Waals surface area contributed by atoms with Gasteiger partial charge in [0, 0.05) is 14.0 Å². The van der Waals surface area contributed by atoms with E-state index in [0.29, 0.717) is 22.6 Å². The molecule has 0 saturated carbocycles. The summed E-state index contributed by atoms with van der Waals surface area (Å²) in [7, 11) is 1.70. The van der Waals surface area contributed by atoms with Crippen LogP contribution in [0, 0.1) is 0 Å². The first-order chi connectivity index (χ1) is 7.99. The molecule has 0 unspecified atom stereocenters. The van der Waals surface area contributed by atoms with Crippen molar-refractivity contribution in [1.29, 1.82) is 0 Å². The third-order valence-corrected chi connectivity index (χ3v) is 2.91. The van der Waals surface area contributed by atoms with E-state index in [1.165, 1.54) is 6.92 Å². The van der Waals surface area contributed by atoms with Gasteiger partial charge in [-0.3, -0.25) is 9.36 Å². The molecule has 0 aliphatic rings. The van der Waals surface area contributed by atoms with Gasteiger partial charge in [-0.05, 0) is 15.9 Å². The molecule has 2 rings (SSSR count). The highest BCUT2D eigenvalue weighted by molar-refractivity contribution is 9.10. The molecule has 0 spiro atoms. The van der Waals surface area contributed by atoms with Crippen molar-refractivity contribution in [3.8, 4) is 0 Å². The minimum atomic E-state index is -0.0360. The molecule has 0 radical (unpaired) electrons. The monoisotopic (exact) mass is 317 g/mol. The van der Waals surface area contributed by atoms with Crippen molar-refractivity contribution in [2.45, 2.75) is 13.6 Å². The first kappa shape index (κ1) is 12.3. The second kappa shape index (κ2) is 4.58. The van der Waals surface area contributed by atoms with Crippen LogP contribution >= 0.6 is 27.5 Å². The number of rotatable bonds is 2. The van der Waals surface area contributed by atoms with Crippen molar-refractivity contribution in [2.24, 2.45) is 0 Å². The Kier molecular flexibility index (Phi) is 3.30. The summed E-state index contributed by atoms with van der Waals surface area (Å²) in [5.74, 6) is -0.0360. The summed E-state index contributed by atoms with van der Waals surface area (Å²) in [5, 5.41) is 0.283. The van der Waals surface area contributed by atoms with Crippen molar-refractivity contribution < 1.29 is 4.79 Å². The lowest BCUT2D eigenvalue weighted by atomic mass is 10.5. The van der Waals surface area contributed by atoms with Gasteiger partial charge in [0.1, 0.15) is 5.52 Å². The number of amides is 1. The molecule has 0 fully saturated rings. The van der Waals surface area contributed by atoms with Crippen molar-refractivity contribution >= 4 is 44.6 Å². The summed E-state index contributed by atoms with van der Waals surface area (Å²) < 4.78 is 2.12. The van der Waals surface area contributed by atoms with Crippen LogP contribution in [0.25, 0.3) is 11.2 Å². The molecule has 2 aromatic heterocycles. The number of fused-ring (bicyclic) bond motifs is 1. The highest BCUT2D eigenvalue weighted by atomic mass is 79.9. The molecule has 2 aromatic rings. The van der Waals surface area contributed by atoms with Crippen LogP contribution in [0.15, 0.2) is 11.1 Å². The molecule has 1 amide bonds. The van der Waals surface area contributed by atoms with Gasteiger partial charge in [0.15, 0.2) is 15.5 Å². The fourth-order valence-electron chi connectivity index (χ4n) is 1.32. The zero-order valence-corrected chi connectivity index (χ0v) is 11.5. The number of carbonyl (C=O) groups is 1. The smallest absolute Gasteiger partial charge is 0.220 e. The quantitative estimate of drug-likeness (QED) is 0.624. The minimum Gasteiger partial charge on any atom is -0.328 e. The van der Waals surface area contributed by atoms with E-state index >= 15 is 0 Å². The van der Waals surface area contributed by atoms with Gasteiger partial charge in [-0.25, -0.2) is 15.0 Å². The van der Waals surface area contributed by atoms with E-state index in [4.69, 9.17) is 11.6 Å². The molecule has 0 aliphatic carbocycles. The summed E-state index contributed by atoms with van der Waals surface area (Å²) in [6.45, 7) is 1.86. The van der Waals surface area contributed by atoms with Gasteiger partial charge in [0.25, 0.3) is 0 Å². The summed E-state index contributed by atoms with van der Waals surface area (Å²) in [5.41, 5.74) is 1.11. The van der Waals surface area contributed by atoms with E-state index in [-0.39, 0.29) is 11.1 Å². The van der Waals surface area contributed by atoms with Crippen LogP contribution in [0.2, 0.25) is 5.15 Å². The highest BCUT2D eigenvalue weighted by Crippen LogP contribution is 2.20. The van der Waals surface area contributed by atoms with Gasteiger partial charge in [-0.1, -0.05) is 11.6 Å². The molecule has 0 N–H and O–H groups in total. The molecule has 0 saturated heterocycles. The predicted molar refractivity (Wildman–Crippen MR) is 66.5 cm³/mol. The number of carbonyl (C=O) groups excluding carboxylic acids is 1. The Morgan fingerprint density at radius 2 is 2.29 bits per heavy atom. The maximum Gasteiger partial charge on any atom is 0.220 e. The molecule has 90 valence electrons. The molecule has 0 bridgehead atoms. The van der Waals surface area contributed by atoms with Gasteiger partial charge in [0.05, 0.1) is 13.0 Å². The molecule has 17 heavy (non-hydrogen) atoms. The van der Waals surface area contributed by atoms with Crippen molar-refractivity contribution in [1.82, 2.24) is 24.4 Å². The minimum absolute atomic E-state index is 0.0360. The fraction of sp³-hybridized carbons (Fsp3) is 0.333. The van der Waals surface area contributed by atoms with Crippen molar-refractivity contribution in [2.75, 3.05) is 7.05 Å². The first-order valence-electron chi connectivity index (χ1n) is 4.74. The highest BCUT2D eigenvalue weighted by Gasteiger charge is 2.12. The molecule has 0 aromatic carbocycles. The average Bonchev–Trinajstić information content (AvgIpc) is 2.61. The van der Waals surface area contributed by atoms with Gasteiger partial charge >= 0.3 is 0 Å². The number of aromatic nitrogens is 4. The molecule has 0 aliphatic heterocycles. The van der Waals surface area contributed by atoms with E-state index < -0.39 is 0 Å². The predicted octanol–water partition coefficient (Wildman–Crippen LogP) is 1.68. The van der Waals surface area contributed by atoms with E-state index in [2.05, 4.69) is 30.9 Å². The standard InChI is InChI=1S/C9H9BrClN5O/c1-5(17)15(2)4-16-3-12-6-7(11)13-9(10)14-8(6)16/h3H,4H2,1-2H3. The lowest BCUT2D eigenvalue weighted by Crippen LogP contribution is -2.26. The number of hydrogen-bond donors (Lipinski definition) is 0. The lowest BCUT2D eigenvalue weighted by molar-refractivity contribution is -0.128. The van der Waals surface area contributed by atoms with Gasteiger partial charge in [-0.15, -0.1) is 0 Å². The summed E-state index contributed by atoms with van der Waals surface area (Å²) in [6, 6.07) is 0. The summed E-state index contributed by atoms with van der Waals surface area (Å²) >= 11 is 9.11. The Bertz CT molecular complexity index is 584. The van der Waals surface area contributed by atoms with Crippen LogP contribution in [0.4, 0.5) is 0 Å². The number of imidazole rings is 1. The SMILES string of the molecule is CC(=O)N(C)Cn1cnc2c(Cl)nc(Br)nc21. The summed E-state index contributed by atoms with van der Waals surface area (Å²) in [6.07, 6.45) is 1.58. The topological polar surface area (TPSA) is 63.9 Å². The van der Waals surface area contributed by atoms with Gasteiger partial charge in [-0.2, -0.15) is 0 Å². The third-order valence-electron chi connectivity index (χ3n) is 2.30. The largest absolute Gasteiger partial charge is 0.328 e. The van der Waals surface area contributed by atoms with E-state index in [9.17, 15) is 4.79 Å². The van der Waals surface area contributed by atoms with Crippen LogP contribution in [0.5, 0.6) is 0 Å². The molecule has 0 atom stereocenters. The van der Waals surface area contributed by atoms with E-state index in [0.717, 1.165) is 0 Å². The summed E-state index contributed by atoms with van der Waals surface area (Å²) in [4.78, 5) is 25.0.